The zero-order valence-electron chi connectivity index (χ0n) is 7.87. The maximum Gasteiger partial charge on any atom is 0.0623 e. The average Bonchev–Trinajstić information content (AvgIpc) is 2.56. The van der Waals surface area contributed by atoms with Gasteiger partial charge in [-0.05, 0) is 25.0 Å². The first-order valence-electron chi connectivity index (χ1n) is 5.19. The zero-order chi connectivity index (χ0) is 9.10. The second-order valence-corrected chi connectivity index (χ2v) is 3.94. The molecule has 1 aromatic heterocycles. The largest absolute Gasteiger partial charge is 0.392 e. The van der Waals surface area contributed by atoms with E-state index in [1.54, 1.807) is 0 Å². The van der Waals surface area contributed by atoms with Crippen LogP contribution in [0.4, 0.5) is 0 Å². The molecule has 2 N–H and O–H groups in total. The van der Waals surface area contributed by atoms with E-state index in [9.17, 15) is 5.11 Å². The molecule has 13 heavy (non-hydrogen) atoms. The van der Waals surface area contributed by atoms with Crippen molar-refractivity contribution < 1.29 is 5.11 Å². The maximum absolute atomic E-state index is 9.90. The molecule has 1 aliphatic carbocycles. The van der Waals surface area contributed by atoms with Crippen LogP contribution in [0.1, 0.15) is 43.7 Å². The summed E-state index contributed by atoms with van der Waals surface area (Å²) in [4.78, 5) is 3.21. The van der Waals surface area contributed by atoms with Crippen LogP contribution in [0.15, 0.2) is 18.3 Å². The molecule has 0 bridgehead atoms. The van der Waals surface area contributed by atoms with Crippen LogP contribution in [-0.4, -0.2) is 16.2 Å². The number of rotatable bonds is 1. The van der Waals surface area contributed by atoms with Crippen molar-refractivity contribution in [3.05, 3.63) is 24.0 Å². The standard InChI is InChI=1S/C11H17NO/c13-11-7-3-1-2-5-9(11)10-6-4-8-12-10/h4,6,8-9,11-13H,1-3,5,7H2/t9-,11+/m0/s1. The summed E-state index contributed by atoms with van der Waals surface area (Å²) in [6.45, 7) is 0. The second kappa shape index (κ2) is 3.97. The third-order valence-corrected chi connectivity index (χ3v) is 3.00. The van der Waals surface area contributed by atoms with Gasteiger partial charge in [0, 0.05) is 17.8 Å². The Balaban J connectivity index is 2.11. The topological polar surface area (TPSA) is 36.0 Å². The van der Waals surface area contributed by atoms with Gasteiger partial charge in [-0.3, -0.25) is 0 Å². The lowest BCUT2D eigenvalue weighted by Gasteiger charge is -2.18. The fourth-order valence-electron chi connectivity index (χ4n) is 2.23. The summed E-state index contributed by atoms with van der Waals surface area (Å²) in [5, 5.41) is 9.90. The fraction of sp³-hybridized carbons (Fsp3) is 0.636. The number of nitrogens with one attached hydrogen (secondary N) is 1. The zero-order valence-corrected chi connectivity index (χ0v) is 7.87. The molecule has 0 spiro atoms. The van der Waals surface area contributed by atoms with Crippen molar-refractivity contribution in [1.29, 1.82) is 0 Å². The summed E-state index contributed by atoms with van der Waals surface area (Å²) >= 11 is 0. The van der Waals surface area contributed by atoms with Gasteiger partial charge in [-0.25, -0.2) is 0 Å². The minimum atomic E-state index is -0.138. The van der Waals surface area contributed by atoms with E-state index in [4.69, 9.17) is 0 Å². The van der Waals surface area contributed by atoms with Gasteiger partial charge < -0.3 is 10.1 Å². The van der Waals surface area contributed by atoms with Gasteiger partial charge in [0.1, 0.15) is 0 Å². The summed E-state index contributed by atoms with van der Waals surface area (Å²) in [5.74, 6) is 0.345. The molecular weight excluding hydrogens is 162 g/mol. The van der Waals surface area contributed by atoms with Crippen molar-refractivity contribution in [3.63, 3.8) is 0 Å². The minimum absolute atomic E-state index is 0.138. The number of aromatic nitrogens is 1. The van der Waals surface area contributed by atoms with Crippen LogP contribution in [-0.2, 0) is 0 Å². The van der Waals surface area contributed by atoms with Gasteiger partial charge in [-0.15, -0.1) is 0 Å². The number of hydrogen-bond acceptors (Lipinski definition) is 1. The Morgan fingerprint density at radius 2 is 2.08 bits per heavy atom. The molecule has 0 aliphatic heterocycles. The van der Waals surface area contributed by atoms with Crippen LogP contribution in [0.25, 0.3) is 0 Å². The van der Waals surface area contributed by atoms with Crippen molar-refractivity contribution in [1.82, 2.24) is 4.98 Å². The highest BCUT2D eigenvalue weighted by Gasteiger charge is 2.23. The van der Waals surface area contributed by atoms with Gasteiger partial charge in [-0.1, -0.05) is 19.3 Å². The van der Waals surface area contributed by atoms with Gasteiger partial charge in [0.2, 0.25) is 0 Å². The molecule has 0 saturated heterocycles. The number of H-pyrrole nitrogens is 1. The SMILES string of the molecule is O[C@@H]1CCCCC[C@H]1c1ccc[nH]1. The Kier molecular flexibility index (Phi) is 2.69. The van der Waals surface area contributed by atoms with Gasteiger partial charge in [-0.2, -0.15) is 0 Å². The van der Waals surface area contributed by atoms with E-state index in [1.807, 2.05) is 12.3 Å². The Hall–Kier alpha value is -0.760. The van der Waals surface area contributed by atoms with Crippen LogP contribution in [0.3, 0.4) is 0 Å². The normalized spacial score (nSPS) is 29.9. The molecule has 1 saturated carbocycles. The van der Waals surface area contributed by atoms with Gasteiger partial charge >= 0.3 is 0 Å². The van der Waals surface area contributed by atoms with Crippen LogP contribution in [0.5, 0.6) is 0 Å². The predicted molar refractivity (Wildman–Crippen MR) is 52.6 cm³/mol. The lowest BCUT2D eigenvalue weighted by molar-refractivity contribution is 0.134. The highest BCUT2D eigenvalue weighted by atomic mass is 16.3. The molecule has 2 nitrogen and oxygen atoms in total. The molecule has 2 heteroatoms. The quantitative estimate of drug-likeness (QED) is 0.638. The Morgan fingerprint density at radius 3 is 2.85 bits per heavy atom. The monoisotopic (exact) mass is 179 g/mol. The van der Waals surface area contributed by atoms with Crippen molar-refractivity contribution >= 4 is 0 Å². The van der Waals surface area contributed by atoms with Crippen molar-refractivity contribution in [2.75, 3.05) is 0 Å². The molecule has 0 radical (unpaired) electrons. The highest BCUT2D eigenvalue weighted by molar-refractivity contribution is 5.12. The third-order valence-electron chi connectivity index (χ3n) is 3.00. The minimum Gasteiger partial charge on any atom is -0.392 e. The Labute approximate surface area is 79.0 Å². The molecular formula is C11H17NO. The number of hydrogen-bond donors (Lipinski definition) is 2. The molecule has 0 aromatic carbocycles. The van der Waals surface area contributed by atoms with E-state index in [1.165, 1.54) is 25.0 Å². The fourth-order valence-corrected chi connectivity index (χ4v) is 2.23. The van der Waals surface area contributed by atoms with E-state index < -0.39 is 0 Å². The molecule has 1 aliphatic rings. The van der Waals surface area contributed by atoms with Gasteiger partial charge in [0.25, 0.3) is 0 Å². The van der Waals surface area contributed by atoms with E-state index in [0.29, 0.717) is 5.92 Å². The first-order chi connectivity index (χ1) is 6.38. The third kappa shape index (κ3) is 1.94. The summed E-state index contributed by atoms with van der Waals surface area (Å²) in [6.07, 6.45) is 7.59. The highest BCUT2D eigenvalue weighted by Crippen LogP contribution is 2.30. The second-order valence-electron chi connectivity index (χ2n) is 3.94. The van der Waals surface area contributed by atoms with Crippen LogP contribution in [0, 0.1) is 0 Å². The molecule has 1 fully saturated rings. The molecule has 2 atom stereocenters. The molecule has 2 rings (SSSR count). The van der Waals surface area contributed by atoms with Gasteiger partial charge in [0.05, 0.1) is 6.10 Å². The molecule has 1 aromatic rings. The predicted octanol–water partition coefficient (Wildman–Crippen LogP) is 2.42. The van der Waals surface area contributed by atoms with E-state index in [0.717, 1.165) is 12.8 Å². The summed E-state index contributed by atoms with van der Waals surface area (Å²) in [7, 11) is 0. The summed E-state index contributed by atoms with van der Waals surface area (Å²) in [5.41, 5.74) is 1.20. The van der Waals surface area contributed by atoms with E-state index in [-0.39, 0.29) is 6.10 Å². The first kappa shape index (κ1) is 8.82. The smallest absolute Gasteiger partial charge is 0.0623 e. The van der Waals surface area contributed by atoms with Gasteiger partial charge in [0.15, 0.2) is 0 Å². The van der Waals surface area contributed by atoms with Crippen LogP contribution >= 0.6 is 0 Å². The van der Waals surface area contributed by atoms with E-state index in [2.05, 4.69) is 11.1 Å². The van der Waals surface area contributed by atoms with E-state index >= 15 is 0 Å². The van der Waals surface area contributed by atoms with Crippen LogP contribution < -0.4 is 0 Å². The van der Waals surface area contributed by atoms with Crippen molar-refractivity contribution in [2.45, 2.75) is 44.1 Å². The molecule has 1 heterocycles. The average molecular weight is 179 g/mol. The molecule has 0 amide bonds. The summed E-state index contributed by atoms with van der Waals surface area (Å²) in [6, 6.07) is 4.09. The lowest BCUT2D eigenvalue weighted by Crippen LogP contribution is -2.16. The summed E-state index contributed by atoms with van der Waals surface area (Å²) < 4.78 is 0. The first-order valence-corrected chi connectivity index (χ1v) is 5.19. The van der Waals surface area contributed by atoms with Crippen molar-refractivity contribution in [2.24, 2.45) is 0 Å². The number of aliphatic hydroxyl groups excluding tert-OH is 1. The molecule has 0 unspecified atom stereocenters. The number of aromatic amines is 1. The van der Waals surface area contributed by atoms with Crippen LogP contribution in [0.2, 0.25) is 0 Å². The lowest BCUT2D eigenvalue weighted by atomic mass is 9.94. The number of aliphatic hydroxyl groups is 1. The van der Waals surface area contributed by atoms with Crippen molar-refractivity contribution in [3.8, 4) is 0 Å². The Morgan fingerprint density at radius 1 is 1.23 bits per heavy atom. The maximum atomic E-state index is 9.90. The molecule has 72 valence electrons. The Bertz CT molecular complexity index is 243.